The second kappa shape index (κ2) is 5.94. The Morgan fingerprint density at radius 3 is 1.94 bits per heavy atom. The van der Waals surface area contributed by atoms with Gasteiger partial charge in [-0.1, -0.05) is 47.5 Å². The molecule has 0 aliphatic heterocycles. The van der Waals surface area contributed by atoms with Gasteiger partial charge >= 0.3 is 0 Å². The van der Waals surface area contributed by atoms with E-state index in [2.05, 4.69) is 0 Å². The molecule has 0 aliphatic carbocycles. The van der Waals surface area contributed by atoms with E-state index in [4.69, 9.17) is 27.9 Å². The zero-order valence-electron chi connectivity index (χ0n) is 9.86. The Bertz CT molecular complexity index is 539. The van der Waals surface area contributed by atoms with Crippen molar-refractivity contribution in [3.05, 3.63) is 63.6 Å². The summed E-state index contributed by atoms with van der Waals surface area (Å²) < 4.78 is 5.10. The van der Waals surface area contributed by atoms with E-state index in [9.17, 15) is 0 Å². The van der Waals surface area contributed by atoms with Gasteiger partial charge in [0.1, 0.15) is 5.75 Å². The van der Waals surface area contributed by atoms with Crippen LogP contribution in [-0.4, -0.2) is 7.11 Å². The lowest BCUT2D eigenvalue weighted by Gasteiger charge is -2.00. The molecule has 2 aromatic carbocycles. The number of benzene rings is 2. The van der Waals surface area contributed by atoms with E-state index < -0.39 is 0 Å². The van der Waals surface area contributed by atoms with Crippen molar-refractivity contribution >= 4 is 35.4 Å². The molecule has 0 spiro atoms. The number of hydrogen-bond donors (Lipinski definition) is 0. The summed E-state index contributed by atoms with van der Waals surface area (Å²) in [5, 5.41) is 1.27. The first kappa shape index (κ1) is 13.0. The highest BCUT2D eigenvalue weighted by Gasteiger charge is 1.95. The Hall–Kier alpha value is -1.44. The summed E-state index contributed by atoms with van der Waals surface area (Å²) >= 11 is 11.9. The number of rotatable bonds is 3. The van der Waals surface area contributed by atoms with Crippen molar-refractivity contribution in [3.63, 3.8) is 0 Å². The molecule has 18 heavy (non-hydrogen) atoms. The van der Waals surface area contributed by atoms with Gasteiger partial charge in [-0.05, 0) is 41.5 Å². The smallest absolute Gasteiger partial charge is 0.118 e. The number of hydrogen-bond acceptors (Lipinski definition) is 1. The van der Waals surface area contributed by atoms with Crippen LogP contribution < -0.4 is 4.74 Å². The monoisotopic (exact) mass is 278 g/mol. The first-order chi connectivity index (χ1) is 8.67. The molecule has 0 aromatic heterocycles. The normalized spacial score (nSPS) is 10.8. The molecule has 0 fully saturated rings. The molecule has 2 aromatic rings. The van der Waals surface area contributed by atoms with Gasteiger partial charge in [-0.3, -0.25) is 0 Å². The Balaban J connectivity index is 2.18. The highest BCUT2D eigenvalue weighted by Crippen LogP contribution is 2.21. The van der Waals surface area contributed by atoms with E-state index in [1.807, 2.05) is 48.6 Å². The van der Waals surface area contributed by atoms with Gasteiger partial charge in [0.05, 0.1) is 7.11 Å². The zero-order chi connectivity index (χ0) is 13.0. The third kappa shape index (κ3) is 3.52. The van der Waals surface area contributed by atoms with E-state index in [1.54, 1.807) is 13.2 Å². The minimum Gasteiger partial charge on any atom is -0.497 e. The van der Waals surface area contributed by atoms with Crippen molar-refractivity contribution in [3.8, 4) is 5.75 Å². The van der Waals surface area contributed by atoms with Crippen molar-refractivity contribution in [1.82, 2.24) is 0 Å². The molecule has 1 nitrogen and oxygen atoms in total. The molecule has 3 heteroatoms. The Morgan fingerprint density at radius 1 is 0.833 bits per heavy atom. The van der Waals surface area contributed by atoms with Crippen molar-refractivity contribution in [2.24, 2.45) is 0 Å². The summed E-state index contributed by atoms with van der Waals surface area (Å²) in [6.45, 7) is 0. The minimum absolute atomic E-state index is 0.636. The van der Waals surface area contributed by atoms with Crippen LogP contribution in [-0.2, 0) is 0 Å². The number of halogens is 2. The second-order valence-electron chi connectivity index (χ2n) is 3.81. The van der Waals surface area contributed by atoms with Gasteiger partial charge in [-0.2, -0.15) is 0 Å². The summed E-state index contributed by atoms with van der Waals surface area (Å²) in [5.74, 6) is 0.845. The Kier molecular flexibility index (Phi) is 4.29. The topological polar surface area (TPSA) is 9.23 Å². The van der Waals surface area contributed by atoms with Gasteiger partial charge in [0.25, 0.3) is 0 Å². The van der Waals surface area contributed by atoms with E-state index >= 15 is 0 Å². The fraction of sp³-hybridized carbons (Fsp3) is 0.0667. The summed E-state index contributed by atoms with van der Waals surface area (Å²) in [4.78, 5) is 0. The largest absolute Gasteiger partial charge is 0.497 e. The maximum atomic E-state index is 5.94. The molecule has 0 amide bonds. The molecule has 0 aliphatic rings. The van der Waals surface area contributed by atoms with Crippen molar-refractivity contribution in [2.45, 2.75) is 0 Å². The molecule has 0 saturated carbocycles. The highest BCUT2D eigenvalue weighted by molar-refractivity contribution is 6.34. The average molecular weight is 279 g/mol. The summed E-state index contributed by atoms with van der Waals surface area (Å²) in [6, 6.07) is 13.3. The molecular weight excluding hydrogens is 267 g/mol. The fourth-order valence-electron chi connectivity index (χ4n) is 1.58. The van der Waals surface area contributed by atoms with Crippen LogP contribution in [0.15, 0.2) is 42.5 Å². The molecule has 0 heterocycles. The molecule has 0 saturated heterocycles. The van der Waals surface area contributed by atoms with Crippen LogP contribution in [0, 0.1) is 0 Å². The Labute approximate surface area is 117 Å². The van der Waals surface area contributed by atoms with Crippen LogP contribution in [0.2, 0.25) is 10.0 Å². The summed E-state index contributed by atoms with van der Waals surface area (Å²) in [5.41, 5.74) is 2.07. The van der Waals surface area contributed by atoms with Gasteiger partial charge in [-0.15, -0.1) is 0 Å². The SMILES string of the molecule is COc1ccc(/C=C/c2cc(Cl)cc(Cl)c2)cc1. The average Bonchev–Trinajstić information content (AvgIpc) is 2.36. The lowest BCUT2D eigenvalue weighted by atomic mass is 10.1. The highest BCUT2D eigenvalue weighted by atomic mass is 35.5. The van der Waals surface area contributed by atoms with Crippen LogP contribution in [0.3, 0.4) is 0 Å². The van der Waals surface area contributed by atoms with Crippen LogP contribution in [0.25, 0.3) is 12.2 Å². The summed E-state index contributed by atoms with van der Waals surface area (Å²) in [7, 11) is 1.65. The Morgan fingerprint density at radius 2 is 1.39 bits per heavy atom. The standard InChI is InChI=1S/C15H12Cl2O/c1-18-15-6-4-11(5-7-15)2-3-12-8-13(16)10-14(17)9-12/h2-10H,1H3/b3-2+. The van der Waals surface area contributed by atoms with Gasteiger partial charge in [0.15, 0.2) is 0 Å². The maximum Gasteiger partial charge on any atom is 0.118 e. The quantitative estimate of drug-likeness (QED) is 0.704. The molecular formula is C15H12Cl2O. The zero-order valence-corrected chi connectivity index (χ0v) is 11.4. The molecule has 0 atom stereocenters. The van der Waals surface area contributed by atoms with Crippen molar-refractivity contribution < 1.29 is 4.74 Å². The van der Waals surface area contributed by atoms with Gasteiger partial charge in [0.2, 0.25) is 0 Å². The molecule has 0 N–H and O–H groups in total. The van der Waals surface area contributed by atoms with Crippen LogP contribution in [0.5, 0.6) is 5.75 Å². The van der Waals surface area contributed by atoms with Crippen LogP contribution >= 0.6 is 23.2 Å². The number of ether oxygens (including phenoxy) is 1. The molecule has 0 radical (unpaired) electrons. The van der Waals surface area contributed by atoms with E-state index in [0.717, 1.165) is 16.9 Å². The van der Waals surface area contributed by atoms with E-state index in [0.29, 0.717) is 10.0 Å². The fourth-order valence-corrected chi connectivity index (χ4v) is 2.12. The van der Waals surface area contributed by atoms with Crippen LogP contribution in [0.1, 0.15) is 11.1 Å². The van der Waals surface area contributed by atoms with Gasteiger partial charge in [-0.25, -0.2) is 0 Å². The molecule has 92 valence electrons. The lowest BCUT2D eigenvalue weighted by molar-refractivity contribution is 0.415. The first-order valence-corrected chi connectivity index (χ1v) is 6.21. The van der Waals surface area contributed by atoms with E-state index in [1.165, 1.54) is 0 Å². The maximum absolute atomic E-state index is 5.94. The third-order valence-corrected chi connectivity index (χ3v) is 2.91. The second-order valence-corrected chi connectivity index (χ2v) is 4.68. The predicted octanol–water partition coefficient (Wildman–Crippen LogP) is 5.17. The summed E-state index contributed by atoms with van der Waals surface area (Å²) in [6.07, 6.45) is 3.97. The van der Waals surface area contributed by atoms with E-state index in [-0.39, 0.29) is 0 Å². The van der Waals surface area contributed by atoms with Crippen molar-refractivity contribution in [1.29, 1.82) is 0 Å². The van der Waals surface area contributed by atoms with Crippen LogP contribution in [0.4, 0.5) is 0 Å². The molecule has 0 bridgehead atoms. The number of methoxy groups -OCH3 is 1. The van der Waals surface area contributed by atoms with Crippen molar-refractivity contribution in [2.75, 3.05) is 7.11 Å². The molecule has 2 rings (SSSR count). The third-order valence-electron chi connectivity index (χ3n) is 2.47. The minimum atomic E-state index is 0.636. The van der Waals surface area contributed by atoms with Gasteiger partial charge in [0, 0.05) is 10.0 Å². The van der Waals surface area contributed by atoms with Gasteiger partial charge < -0.3 is 4.74 Å². The predicted molar refractivity (Wildman–Crippen MR) is 78.4 cm³/mol. The first-order valence-electron chi connectivity index (χ1n) is 5.45. The lowest BCUT2D eigenvalue weighted by Crippen LogP contribution is -1.81. The molecule has 0 unspecified atom stereocenters.